The fourth-order valence-electron chi connectivity index (χ4n) is 3.58. The summed E-state index contributed by atoms with van der Waals surface area (Å²) in [6.07, 6.45) is 1.61. The van der Waals surface area contributed by atoms with E-state index in [4.69, 9.17) is 0 Å². The highest BCUT2D eigenvalue weighted by atomic mass is 16.1. The number of fused-ring (bicyclic) bond motifs is 1. The topological polar surface area (TPSA) is 32.3 Å². The first-order valence-corrected chi connectivity index (χ1v) is 8.70. The predicted molar refractivity (Wildman–Crippen MR) is 99.3 cm³/mol. The van der Waals surface area contributed by atoms with E-state index in [0.717, 1.165) is 42.9 Å². The summed E-state index contributed by atoms with van der Waals surface area (Å²) in [5.41, 5.74) is 7.31. The summed E-state index contributed by atoms with van der Waals surface area (Å²) in [6.45, 7) is 8.98. The molecule has 0 saturated carbocycles. The second-order valence-electron chi connectivity index (χ2n) is 6.87. The van der Waals surface area contributed by atoms with Gasteiger partial charge in [0.15, 0.2) is 0 Å². The minimum atomic E-state index is 0.101. The molecule has 1 aliphatic rings. The molecule has 1 aliphatic heterocycles. The SMILES string of the molecule is Cc1cc(C)c(NC(=O)CCN2CCc3ccccc3C2)c(C)c1. The Kier molecular flexibility index (Phi) is 5.00. The van der Waals surface area contributed by atoms with Gasteiger partial charge in [0.25, 0.3) is 0 Å². The molecule has 24 heavy (non-hydrogen) atoms. The quantitative estimate of drug-likeness (QED) is 0.923. The van der Waals surface area contributed by atoms with Gasteiger partial charge in [0.05, 0.1) is 0 Å². The van der Waals surface area contributed by atoms with Crippen molar-refractivity contribution < 1.29 is 4.79 Å². The Bertz CT molecular complexity index is 728. The summed E-state index contributed by atoms with van der Waals surface area (Å²) >= 11 is 0. The van der Waals surface area contributed by atoms with Gasteiger partial charge in [-0.05, 0) is 49.4 Å². The lowest BCUT2D eigenvalue weighted by Crippen LogP contribution is -2.33. The van der Waals surface area contributed by atoms with Crippen molar-refractivity contribution in [2.45, 2.75) is 40.2 Å². The number of nitrogens with zero attached hydrogens (tertiary/aromatic N) is 1. The molecule has 0 aliphatic carbocycles. The zero-order chi connectivity index (χ0) is 17.1. The molecule has 3 nitrogen and oxygen atoms in total. The highest BCUT2D eigenvalue weighted by Gasteiger charge is 2.16. The van der Waals surface area contributed by atoms with Crippen molar-refractivity contribution in [1.29, 1.82) is 0 Å². The maximum atomic E-state index is 12.4. The van der Waals surface area contributed by atoms with Crippen LogP contribution in [0, 0.1) is 20.8 Å². The van der Waals surface area contributed by atoms with Crippen LogP contribution in [0.4, 0.5) is 5.69 Å². The van der Waals surface area contributed by atoms with Gasteiger partial charge in [0, 0.05) is 31.7 Å². The number of rotatable bonds is 4. The van der Waals surface area contributed by atoms with E-state index in [0.29, 0.717) is 6.42 Å². The third kappa shape index (κ3) is 3.85. The van der Waals surface area contributed by atoms with Crippen LogP contribution in [-0.4, -0.2) is 23.9 Å². The minimum Gasteiger partial charge on any atom is -0.326 e. The zero-order valence-electron chi connectivity index (χ0n) is 14.9. The molecule has 0 radical (unpaired) electrons. The minimum absolute atomic E-state index is 0.101. The molecule has 126 valence electrons. The monoisotopic (exact) mass is 322 g/mol. The van der Waals surface area contributed by atoms with Crippen molar-refractivity contribution in [3.8, 4) is 0 Å². The van der Waals surface area contributed by atoms with Crippen LogP contribution in [0.5, 0.6) is 0 Å². The van der Waals surface area contributed by atoms with Crippen molar-refractivity contribution in [3.63, 3.8) is 0 Å². The van der Waals surface area contributed by atoms with Crippen LogP contribution in [-0.2, 0) is 17.8 Å². The van der Waals surface area contributed by atoms with E-state index in [2.05, 4.69) is 67.4 Å². The summed E-state index contributed by atoms with van der Waals surface area (Å²) in [4.78, 5) is 14.7. The number of hydrogen-bond acceptors (Lipinski definition) is 2. The van der Waals surface area contributed by atoms with E-state index in [1.807, 2.05) is 0 Å². The van der Waals surface area contributed by atoms with Gasteiger partial charge in [-0.25, -0.2) is 0 Å². The fraction of sp³-hybridized carbons (Fsp3) is 0.381. The van der Waals surface area contributed by atoms with Gasteiger partial charge in [-0.15, -0.1) is 0 Å². The van der Waals surface area contributed by atoms with Crippen molar-refractivity contribution >= 4 is 11.6 Å². The van der Waals surface area contributed by atoms with E-state index in [1.165, 1.54) is 16.7 Å². The Morgan fingerprint density at radius 1 is 1.08 bits per heavy atom. The van der Waals surface area contributed by atoms with E-state index in [1.54, 1.807) is 0 Å². The fourth-order valence-corrected chi connectivity index (χ4v) is 3.58. The number of aryl methyl sites for hydroxylation is 3. The molecule has 0 bridgehead atoms. The van der Waals surface area contributed by atoms with Crippen LogP contribution >= 0.6 is 0 Å². The smallest absolute Gasteiger partial charge is 0.225 e. The summed E-state index contributed by atoms with van der Waals surface area (Å²) in [5.74, 6) is 0.101. The van der Waals surface area contributed by atoms with Gasteiger partial charge >= 0.3 is 0 Å². The van der Waals surface area contributed by atoms with Crippen LogP contribution < -0.4 is 5.32 Å². The molecule has 3 rings (SSSR count). The Hall–Kier alpha value is -2.13. The summed E-state index contributed by atoms with van der Waals surface area (Å²) < 4.78 is 0. The van der Waals surface area contributed by atoms with Gasteiger partial charge in [0.2, 0.25) is 5.91 Å². The molecule has 0 unspecified atom stereocenters. The predicted octanol–water partition coefficient (Wildman–Crippen LogP) is 4.00. The second kappa shape index (κ2) is 7.18. The first kappa shape index (κ1) is 16.7. The van der Waals surface area contributed by atoms with Gasteiger partial charge in [-0.2, -0.15) is 0 Å². The number of carbonyl (C=O) groups excluding carboxylic acids is 1. The molecule has 2 aromatic carbocycles. The number of benzene rings is 2. The molecular formula is C21H26N2O. The number of nitrogens with one attached hydrogen (secondary N) is 1. The lowest BCUT2D eigenvalue weighted by Gasteiger charge is -2.28. The van der Waals surface area contributed by atoms with Crippen LogP contribution in [0.15, 0.2) is 36.4 Å². The van der Waals surface area contributed by atoms with Gasteiger partial charge in [0.1, 0.15) is 0 Å². The lowest BCUT2D eigenvalue weighted by atomic mass is 10.00. The van der Waals surface area contributed by atoms with Crippen molar-refractivity contribution in [3.05, 3.63) is 64.2 Å². The first-order chi connectivity index (χ1) is 11.5. The highest BCUT2D eigenvalue weighted by molar-refractivity contribution is 5.92. The Morgan fingerprint density at radius 2 is 1.75 bits per heavy atom. The molecular weight excluding hydrogens is 296 g/mol. The number of anilines is 1. The third-order valence-electron chi connectivity index (χ3n) is 4.81. The zero-order valence-corrected chi connectivity index (χ0v) is 14.9. The largest absolute Gasteiger partial charge is 0.326 e. The van der Waals surface area contributed by atoms with Crippen molar-refractivity contribution in [2.24, 2.45) is 0 Å². The van der Waals surface area contributed by atoms with Gasteiger partial charge in [-0.3, -0.25) is 9.69 Å². The normalized spacial score (nSPS) is 14.3. The van der Waals surface area contributed by atoms with Crippen molar-refractivity contribution in [1.82, 2.24) is 4.90 Å². The Balaban J connectivity index is 1.55. The molecule has 2 aromatic rings. The average Bonchev–Trinajstić information content (AvgIpc) is 2.56. The van der Waals surface area contributed by atoms with Crippen LogP contribution in [0.2, 0.25) is 0 Å². The molecule has 1 N–H and O–H groups in total. The standard InChI is InChI=1S/C21H26N2O/c1-15-12-16(2)21(17(3)13-15)22-20(24)9-11-23-10-8-18-6-4-5-7-19(18)14-23/h4-7,12-13H,8-11,14H2,1-3H3,(H,22,24). The first-order valence-electron chi connectivity index (χ1n) is 8.70. The summed E-state index contributed by atoms with van der Waals surface area (Å²) in [7, 11) is 0. The molecule has 0 spiro atoms. The van der Waals surface area contributed by atoms with E-state index in [9.17, 15) is 4.79 Å². The van der Waals surface area contributed by atoms with Gasteiger partial charge in [-0.1, -0.05) is 42.0 Å². The average molecular weight is 322 g/mol. The summed E-state index contributed by atoms with van der Waals surface area (Å²) in [5, 5.41) is 3.10. The van der Waals surface area contributed by atoms with E-state index < -0.39 is 0 Å². The maximum Gasteiger partial charge on any atom is 0.225 e. The Labute approximate surface area is 144 Å². The number of amides is 1. The second-order valence-corrected chi connectivity index (χ2v) is 6.87. The Morgan fingerprint density at radius 3 is 2.46 bits per heavy atom. The van der Waals surface area contributed by atoms with Crippen molar-refractivity contribution in [2.75, 3.05) is 18.4 Å². The van der Waals surface area contributed by atoms with Crippen LogP contribution in [0.3, 0.4) is 0 Å². The third-order valence-corrected chi connectivity index (χ3v) is 4.81. The van der Waals surface area contributed by atoms with Gasteiger partial charge < -0.3 is 5.32 Å². The number of hydrogen-bond donors (Lipinski definition) is 1. The molecule has 0 saturated heterocycles. The molecule has 0 fully saturated rings. The lowest BCUT2D eigenvalue weighted by molar-refractivity contribution is -0.116. The molecule has 0 atom stereocenters. The molecule has 1 amide bonds. The summed E-state index contributed by atoms with van der Waals surface area (Å²) in [6, 6.07) is 12.8. The van der Waals surface area contributed by atoms with E-state index in [-0.39, 0.29) is 5.91 Å². The molecule has 0 aromatic heterocycles. The maximum absolute atomic E-state index is 12.4. The number of carbonyl (C=O) groups is 1. The van der Waals surface area contributed by atoms with E-state index >= 15 is 0 Å². The van der Waals surface area contributed by atoms with Crippen LogP contribution in [0.25, 0.3) is 0 Å². The highest BCUT2D eigenvalue weighted by Crippen LogP contribution is 2.22. The molecule has 1 heterocycles. The molecule has 3 heteroatoms. The van der Waals surface area contributed by atoms with Crippen LogP contribution in [0.1, 0.15) is 34.2 Å².